The van der Waals surface area contributed by atoms with Gasteiger partial charge in [-0.3, -0.25) is 0 Å². The van der Waals surface area contributed by atoms with Gasteiger partial charge in [0.05, 0.1) is 13.2 Å². The van der Waals surface area contributed by atoms with E-state index in [1.807, 2.05) is 18.2 Å². The van der Waals surface area contributed by atoms with E-state index in [9.17, 15) is 9.90 Å². The van der Waals surface area contributed by atoms with Crippen LogP contribution in [0, 0.1) is 3.57 Å². The Morgan fingerprint density at radius 2 is 1.95 bits per heavy atom. The van der Waals surface area contributed by atoms with Gasteiger partial charge < -0.3 is 19.1 Å². The van der Waals surface area contributed by atoms with Crippen molar-refractivity contribution in [1.29, 1.82) is 0 Å². The molecule has 0 spiro atoms. The molecule has 5 nitrogen and oxygen atoms in total. The number of halogens is 1. The third-order valence-electron chi connectivity index (χ3n) is 3.01. The second kappa shape index (κ2) is 5.35. The average Bonchev–Trinajstić information content (AvgIpc) is 2.68. The van der Waals surface area contributed by atoms with Crippen molar-refractivity contribution in [2.24, 2.45) is 0 Å². The van der Waals surface area contributed by atoms with E-state index in [2.05, 4.69) is 22.6 Å². The molecular weight excluding hydrogens is 373 g/mol. The number of hydrogen-bond donors (Lipinski definition) is 1. The van der Waals surface area contributed by atoms with Crippen molar-refractivity contribution in [3.05, 3.63) is 39.7 Å². The van der Waals surface area contributed by atoms with Gasteiger partial charge in [0.1, 0.15) is 5.69 Å². The zero-order valence-electron chi connectivity index (χ0n) is 10.5. The quantitative estimate of drug-likeness (QED) is 0.808. The fraction of sp³-hybridized carbons (Fsp3) is 0.214. The lowest BCUT2D eigenvalue weighted by molar-refractivity contribution is 0.0688. The number of ether oxygens (including phenoxy) is 2. The molecule has 1 aliphatic heterocycles. The van der Waals surface area contributed by atoms with Gasteiger partial charge in [-0.2, -0.15) is 0 Å². The molecule has 2 aromatic rings. The van der Waals surface area contributed by atoms with E-state index in [0.717, 1.165) is 15.7 Å². The van der Waals surface area contributed by atoms with Crippen LogP contribution >= 0.6 is 22.6 Å². The molecule has 1 aliphatic rings. The van der Waals surface area contributed by atoms with E-state index >= 15 is 0 Å². The summed E-state index contributed by atoms with van der Waals surface area (Å²) in [5.41, 5.74) is 0.971. The Kier molecular flexibility index (Phi) is 3.56. The number of fused-ring (bicyclic) bond motifs is 1. The van der Waals surface area contributed by atoms with Crippen LogP contribution in [0.4, 0.5) is 0 Å². The second-order valence-electron chi connectivity index (χ2n) is 4.40. The number of carboxylic acids is 1. The summed E-state index contributed by atoms with van der Waals surface area (Å²) in [5.74, 6) is 0.394. The van der Waals surface area contributed by atoms with Crippen molar-refractivity contribution in [3.63, 3.8) is 0 Å². The number of aromatic nitrogens is 1. The molecule has 1 aromatic carbocycles. The van der Waals surface area contributed by atoms with Gasteiger partial charge in [0.25, 0.3) is 0 Å². The van der Waals surface area contributed by atoms with Gasteiger partial charge in [0, 0.05) is 27.9 Å². The number of carbonyl (C=O) groups is 1. The number of nitrogens with zero attached hydrogens (tertiary/aromatic N) is 1. The predicted octanol–water partition coefficient (Wildman–Crippen LogP) is 2.94. The predicted molar refractivity (Wildman–Crippen MR) is 81.1 cm³/mol. The summed E-state index contributed by atoms with van der Waals surface area (Å²) in [4.78, 5) is 11.3. The van der Waals surface area contributed by atoms with E-state index in [1.165, 1.54) is 0 Å². The first-order valence-electron chi connectivity index (χ1n) is 6.16. The Hall–Kier alpha value is -1.70. The maximum atomic E-state index is 11.3. The van der Waals surface area contributed by atoms with E-state index in [1.54, 1.807) is 16.8 Å². The molecule has 3 rings (SSSR count). The molecule has 0 fully saturated rings. The van der Waals surface area contributed by atoms with E-state index in [-0.39, 0.29) is 5.69 Å². The smallest absolute Gasteiger partial charge is 0.352 e. The van der Waals surface area contributed by atoms with Crippen LogP contribution in [0.3, 0.4) is 0 Å². The van der Waals surface area contributed by atoms with E-state index in [0.29, 0.717) is 24.7 Å². The van der Waals surface area contributed by atoms with E-state index in [4.69, 9.17) is 9.47 Å². The number of benzene rings is 1. The molecule has 2 heterocycles. The summed E-state index contributed by atoms with van der Waals surface area (Å²) in [6.07, 6.45) is 2.62. The number of carboxylic acid groups (broad SMARTS) is 1. The minimum absolute atomic E-state index is 0.226. The van der Waals surface area contributed by atoms with Gasteiger partial charge in [-0.25, -0.2) is 4.79 Å². The molecule has 0 saturated carbocycles. The average molecular weight is 385 g/mol. The van der Waals surface area contributed by atoms with Gasteiger partial charge in [0.15, 0.2) is 11.5 Å². The Bertz CT molecular complexity index is 665. The standard InChI is InChI=1S/C14H12INO4/c15-9-6-11(14(17)18)16(8-9)10-2-3-12-13(7-10)20-5-1-4-19-12/h2-3,6-8H,1,4-5H2,(H,17,18). The number of aromatic carboxylic acids is 1. The van der Waals surface area contributed by atoms with Crippen molar-refractivity contribution in [2.75, 3.05) is 13.2 Å². The molecule has 0 radical (unpaired) electrons. The first-order chi connectivity index (χ1) is 9.65. The Labute approximate surface area is 129 Å². The molecular formula is C14H12INO4. The van der Waals surface area contributed by atoms with Crippen LogP contribution in [0.5, 0.6) is 11.5 Å². The van der Waals surface area contributed by atoms with Crippen LogP contribution in [-0.4, -0.2) is 28.9 Å². The molecule has 0 atom stereocenters. The van der Waals surface area contributed by atoms with Crippen molar-refractivity contribution in [2.45, 2.75) is 6.42 Å². The zero-order valence-corrected chi connectivity index (χ0v) is 12.7. The maximum Gasteiger partial charge on any atom is 0.352 e. The lowest BCUT2D eigenvalue weighted by Crippen LogP contribution is -2.05. The Morgan fingerprint density at radius 3 is 2.70 bits per heavy atom. The molecule has 1 N–H and O–H groups in total. The third-order valence-corrected chi connectivity index (χ3v) is 3.60. The summed E-state index contributed by atoms with van der Waals surface area (Å²) < 4.78 is 13.7. The van der Waals surface area contributed by atoms with Crippen LogP contribution in [0.15, 0.2) is 30.5 Å². The largest absolute Gasteiger partial charge is 0.490 e. The molecule has 6 heteroatoms. The molecule has 0 aliphatic carbocycles. The van der Waals surface area contributed by atoms with E-state index < -0.39 is 5.97 Å². The highest BCUT2D eigenvalue weighted by Crippen LogP contribution is 2.32. The number of hydrogen-bond acceptors (Lipinski definition) is 3. The lowest BCUT2D eigenvalue weighted by atomic mass is 10.2. The van der Waals surface area contributed by atoms with Gasteiger partial charge in [-0.1, -0.05) is 0 Å². The monoisotopic (exact) mass is 385 g/mol. The lowest BCUT2D eigenvalue weighted by Gasteiger charge is -2.11. The fourth-order valence-electron chi connectivity index (χ4n) is 2.11. The molecule has 104 valence electrons. The van der Waals surface area contributed by atoms with Crippen molar-refractivity contribution in [1.82, 2.24) is 4.57 Å². The van der Waals surface area contributed by atoms with Crippen LogP contribution in [-0.2, 0) is 0 Å². The summed E-state index contributed by atoms with van der Waals surface area (Å²) in [6.45, 7) is 1.24. The maximum absolute atomic E-state index is 11.3. The highest BCUT2D eigenvalue weighted by Gasteiger charge is 2.16. The highest BCUT2D eigenvalue weighted by atomic mass is 127. The topological polar surface area (TPSA) is 60.7 Å². The van der Waals surface area contributed by atoms with Gasteiger partial charge in [0.2, 0.25) is 0 Å². The van der Waals surface area contributed by atoms with Crippen LogP contribution in [0.2, 0.25) is 0 Å². The normalized spacial score (nSPS) is 13.8. The second-order valence-corrected chi connectivity index (χ2v) is 5.65. The van der Waals surface area contributed by atoms with Gasteiger partial charge in [-0.15, -0.1) is 0 Å². The Balaban J connectivity index is 2.07. The zero-order chi connectivity index (χ0) is 14.1. The molecule has 0 bridgehead atoms. The first-order valence-corrected chi connectivity index (χ1v) is 7.24. The van der Waals surface area contributed by atoms with Gasteiger partial charge in [-0.05, 0) is 40.8 Å². The van der Waals surface area contributed by atoms with Crippen molar-refractivity contribution < 1.29 is 19.4 Å². The minimum Gasteiger partial charge on any atom is -0.490 e. The van der Waals surface area contributed by atoms with Crippen LogP contribution in [0.25, 0.3) is 5.69 Å². The highest BCUT2D eigenvalue weighted by molar-refractivity contribution is 14.1. The first kappa shape index (κ1) is 13.3. The SMILES string of the molecule is O=C(O)c1cc(I)cn1-c1ccc2c(c1)OCCCO2. The molecule has 0 saturated heterocycles. The molecule has 0 unspecified atom stereocenters. The minimum atomic E-state index is -0.958. The summed E-state index contributed by atoms with van der Waals surface area (Å²) in [7, 11) is 0. The van der Waals surface area contributed by atoms with Crippen LogP contribution < -0.4 is 9.47 Å². The third kappa shape index (κ3) is 2.47. The number of rotatable bonds is 2. The summed E-state index contributed by atoms with van der Waals surface area (Å²) in [5, 5.41) is 9.24. The molecule has 1 aromatic heterocycles. The Morgan fingerprint density at radius 1 is 1.20 bits per heavy atom. The van der Waals surface area contributed by atoms with Crippen molar-refractivity contribution >= 4 is 28.6 Å². The summed E-state index contributed by atoms with van der Waals surface area (Å²) >= 11 is 2.10. The molecule has 20 heavy (non-hydrogen) atoms. The van der Waals surface area contributed by atoms with Gasteiger partial charge >= 0.3 is 5.97 Å². The van der Waals surface area contributed by atoms with Crippen molar-refractivity contribution in [3.8, 4) is 17.2 Å². The van der Waals surface area contributed by atoms with Crippen LogP contribution in [0.1, 0.15) is 16.9 Å². The molecule has 0 amide bonds. The summed E-state index contributed by atoms with van der Waals surface area (Å²) in [6, 6.07) is 7.08. The fourth-order valence-corrected chi connectivity index (χ4v) is 2.68.